The first kappa shape index (κ1) is 21.4. The molecule has 1 aliphatic rings. The molecule has 1 saturated heterocycles. The summed E-state index contributed by atoms with van der Waals surface area (Å²) in [4.78, 5) is 18.7. The van der Waals surface area contributed by atoms with Gasteiger partial charge in [-0.15, -0.1) is 11.3 Å². The second kappa shape index (κ2) is 8.62. The van der Waals surface area contributed by atoms with Gasteiger partial charge in [-0.3, -0.25) is 4.90 Å². The van der Waals surface area contributed by atoms with Gasteiger partial charge in [0.05, 0.1) is 6.54 Å². The predicted molar refractivity (Wildman–Crippen MR) is 96.5 cm³/mol. The minimum absolute atomic E-state index is 0.101. The average molecular weight is 435 g/mol. The molecule has 29 heavy (non-hydrogen) atoms. The highest BCUT2D eigenvalue weighted by atomic mass is 32.1. The first-order chi connectivity index (χ1) is 13.7. The molecule has 0 aliphatic carbocycles. The van der Waals surface area contributed by atoms with Crippen molar-refractivity contribution in [1.29, 1.82) is 0 Å². The van der Waals surface area contributed by atoms with Crippen molar-refractivity contribution >= 4 is 23.1 Å². The largest absolute Gasteiger partial charge is 0.416 e. The zero-order valence-corrected chi connectivity index (χ0v) is 16.4. The molecule has 1 aromatic carbocycles. The lowest BCUT2D eigenvalue weighted by atomic mass is 9.99. The van der Waals surface area contributed by atoms with Gasteiger partial charge in [-0.05, 0) is 31.8 Å². The number of likely N-dealkylation sites (tertiary alicyclic amines) is 1. The molecule has 0 radical (unpaired) electrons. The fourth-order valence-electron chi connectivity index (χ4n) is 2.96. The average Bonchev–Trinajstić information content (AvgIpc) is 3.13. The summed E-state index contributed by atoms with van der Waals surface area (Å²) in [7, 11) is 1.48. The molecule has 1 fully saturated rings. The fraction of sp³-hybridized carbons (Fsp3) is 0.444. The van der Waals surface area contributed by atoms with E-state index in [0.29, 0.717) is 17.5 Å². The second-order valence-corrected chi connectivity index (χ2v) is 7.87. The zero-order chi connectivity index (χ0) is 21.3. The molecule has 0 spiro atoms. The van der Waals surface area contributed by atoms with Crippen LogP contribution in [0.4, 0.5) is 27.8 Å². The molecule has 5 nitrogen and oxygen atoms in total. The smallest absolute Gasteiger partial charge is 0.357 e. The Kier molecular flexibility index (Phi) is 6.37. The molecule has 158 valence electrons. The van der Waals surface area contributed by atoms with Gasteiger partial charge >= 0.3 is 5.97 Å². The van der Waals surface area contributed by atoms with Crippen molar-refractivity contribution in [2.24, 2.45) is 5.92 Å². The zero-order valence-electron chi connectivity index (χ0n) is 15.6. The van der Waals surface area contributed by atoms with Crippen LogP contribution in [-0.2, 0) is 6.54 Å². The maximum absolute atomic E-state index is 13.8. The van der Waals surface area contributed by atoms with Gasteiger partial charge in [0.1, 0.15) is 5.01 Å². The monoisotopic (exact) mass is 435 g/mol. The topological polar surface area (TPSA) is 54.5 Å². The lowest BCUT2D eigenvalue weighted by Gasteiger charge is -2.29. The molecule has 0 saturated carbocycles. The van der Waals surface area contributed by atoms with E-state index in [1.165, 1.54) is 7.05 Å². The molecule has 3 rings (SSSR count). The van der Waals surface area contributed by atoms with E-state index in [-0.39, 0.29) is 10.7 Å². The van der Waals surface area contributed by atoms with Crippen LogP contribution in [0.1, 0.15) is 34.4 Å². The number of aromatic nitrogens is 1. The number of hydrogen-bond acceptors (Lipinski definition) is 6. The molecule has 0 atom stereocenters. The number of carbonyl (C=O) groups excluding carboxylic acids is 1. The summed E-state index contributed by atoms with van der Waals surface area (Å²) in [5, 5.41) is 3.24. The van der Waals surface area contributed by atoms with E-state index in [4.69, 9.17) is 0 Å². The molecule has 0 bridgehead atoms. The summed E-state index contributed by atoms with van der Waals surface area (Å²) in [5.74, 6) is -13.3. The number of benzene rings is 1. The normalized spacial score (nSPS) is 15.6. The fourth-order valence-corrected chi connectivity index (χ4v) is 3.95. The summed E-state index contributed by atoms with van der Waals surface area (Å²) < 4.78 is 71.8. The Morgan fingerprint density at radius 3 is 2.21 bits per heavy atom. The Morgan fingerprint density at radius 2 is 1.66 bits per heavy atom. The van der Waals surface area contributed by atoms with Gasteiger partial charge in [0.25, 0.3) is 0 Å². The van der Waals surface area contributed by atoms with Crippen molar-refractivity contribution < 1.29 is 31.5 Å². The standard InChI is InChI=1S/C18H18F5N3O2S/c1-8-3-5-26(6-4-8)7-9-25-17(24-2)16(29-9)18(27)28-15-13(22)11(20)10(19)12(21)14(15)23/h8,24H,3-7H2,1-2H3. The third kappa shape index (κ3) is 4.35. The highest BCUT2D eigenvalue weighted by molar-refractivity contribution is 7.14. The highest BCUT2D eigenvalue weighted by Gasteiger charge is 2.30. The van der Waals surface area contributed by atoms with Crippen LogP contribution in [0.15, 0.2) is 0 Å². The molecule has 1 aromatic heterocycles. The minimum atomic E-state index is -2.33. The van der Waals surface area contributed by atoms with Gasteiger partial charge in [0.2, 0.25) is 34.8 Å². The molecule has 11 heteroatoms. The summed E-state index contributed by atoms with van der Waals surface area (Å²) in [6.07, 6.45) is 2.08. The summed E-state index contributed by atoms with van der Waals surface area (Å²) in [6.45, 7) is 4.40. The minimum Gasteiger partial charge on any atom is -0.416 e. The van der Waals surface area contributed by atoms with E-state index in [1.54, 1.807) is 0 Å². The third-order valence-electron chi connectivity index (χ3n) is 4.69. The molecule has 0 amide bonds. The molecular weight excluding hydrogens is 417 g/mol. The molecule has 1 aliphatic heterocycles. The van der Waals surface area contributed by atoms with Crippen LogP contribution in [0, 0.1) is 35.0 Å². The molecule has 2 aromatic rings. The first-order valence-corrected chi connectivity index (χ1v) is 9.68. The van der Waals surface area contributed by atoms with E-state index in [1.807, 2.05) is 0 Å². The number of piperidine rings is 1. The van der Waals surface area contributed by atoms with Crippen LogP contribution >= 0.6 is 11.3 Å². The van der Waals surface area contributed by atoms with Crippen molar-refractivity contribution in [3.05, 3.63) is 39.0 Å². The van der Waals surface area contributed by atoms with E-state index in [0.717, 1.165) is 37.3 Å². The quantitative estimate of drug-likeness (QED) is 0.249. The molecular formula is C18H18F5N3O2S. The van der Waals surface area contributed by atoms with Crippen molar-refractivity contribution in [1.82, 2.24) is 9.88 Å². The molecule has 0 unspecified atom stereocenters. The second-order valence-electron chi connectivity index (χ2n) is 6.78. The number of thiazole rings is 1. The number of ether oxygens (including phenoxy) is 1. The summed E-state index contributed by atoms with van der Waals surface area (Å²) >= 11 is 0.933. The maximum atomic E-state index is 13.8. The van der Waals surface area contributed by atoms with Crippen LogP contribution in [0.5, 0.6) is 5.75 Å². The highest BCUT2D eigenvalue weighted by Crippen LogP contribution is 2.32. The van der Waals surface area contributed by atoms with E-state index >= 15 is 0 Å². The van der Waals surface area contributed by atoms with Gasteiger partial charge in [0.15, 0.2) is 10.7 Å². The number of nitrogens with one attached hydrogen (secondary N) is 1. The van der Waals surface area contributed by atoms with E-state index in [9.17, 15) is 26.7 Å². The Bertz CT molecular complexity index is 900. The number of carbonyl (C=O) groups is 1. The van der Waals surface area contributed by atoms with Crippen molar-refractivity contribution in [3.63, 3.8) is 0 Å². The van der Waals surface area contributed by atoms with Crippen LogP contribution in [0.3, 0.4) is 0 Å². The molecule has 2 heterocycles. The van der Waals surface area contributed by atoms with Crippen molar-refractivity contribution in [2.75, 3.05) is 25.5 Å². The van der Waals surface area contributed by atoms with E-state index < -0.39 is 40.8 Å². The third-order valence-corrected chi connectivity index (χ3v) is 5.71. The van der Waals surface area contributed by atoms with Gasteiger partial charge in [0, 0.05) is 7.05 Å². The van der Waals surface area contributed by atoms with Gasteiger partial charge in [-0.1, -0.05) is 6.92 Å². The number of rotatable bonds is 5. The Balaban J connectivity index is 1.82. The van der Waals surface area contributed by atoms with Crippen molar-refractivity contribution in [2.45, 2.75) is 26.3 Å². The van der Waals surface area contributed by atoms with Crippen LogP contribution in [0.2, 0.25) is 0 Å². The summed E-state index contributed by atoms with van der Waals surface area (Å²) in [5.41, 5.74) is 0. The van der Waals surface area contributed by atoms with Crippen molar-refractivity contribution in [3.8, 4) is 5.75 Å². The Labute approximate surface area is 167 Å². The maximum Gasteiger partial charge on any atom is 0.357 e. The Hall–Kier alpha value is -2.27. The van der Waals surface area contributed by atoms with E-state index in [2.05, 4.69) is 26.9 Å². The number of anilines is 1. The SMILES string of the molecule is CNc1nc(CN2CCC(C)CC2)sc1C(=O)Oc1c(F)c(F)c(F)c(F)c1F. The van der Waals surface area contributed by atoms with Gasteiger partial charge in [-0.25, -0.2) is 22.9 Å². The number of halogens is 5. The van der Waals surface area contributed by atoms with Crippen LogP contribution < -0.4 is 10.1 Å². The lowest BCUT2D eigenvalue weighted by molar-refractivity contribution is 0.0722. The lowest BCUT2D eigenvalue weighted by Crippen LogP contribution is -2.32. The number of hydrogen-bond donors (Lipinski definition) is 1. The first-order valence-electron chi connectivity index (χ1n) is 8.86. The van der Waals surface area contributed by atoms with Crippen LogP contribution in [-0.4, -0.2) is 36.0 Å². The summed E-state index contributed by atoms with van der Waals surface area (Å²) in [6, 6.07) is 0. The number of nitrogens with zero attached hydrogens (tertiary/aromatic N) is 2. The van der Waals surface area contributed by atoms with Crippen LogP contribution in [0.25, 0.3) is 0 Å². The number of esters is 1. The Morgan fingerprint density at radius 1 is 1.10 bits per heavy atom. The van der Waals surface area contributed by atoms with Gasteiger partial charge in [-0.2, -0.15) is 8.78 Å². The van der Waals surface area contributed by atoms with Gasteiger partial charge < -0.3 is 10.1 Å². The molecule has 1 N–H and O–H groups in total. The predicted octanol–water partition coefficient (Wildman–Crippen LogP) is 4.33.